The monoisotopic (exact) mass is 714 g/mol. The highest BCUT2D eigenvalue weighted by atomic mass is 16.2. The van der Waals surface area contributed by atoms with Crippen molar-refractivity contribution in [2.24, 2.45) is 11.3 Å². The molecule has 0 radical (unpaired) electrons. The Morgan fingerprint density at radius 3 is 0.943 bits per heavy atom. The highest BCUT2D eigenvalue weighted by molar-refractivity contribution is 6.18. The first-order valence-corrected chi connectivity index (χ1v) is 18.0. The zero-order valence-corrected chi connectivity index (χ0v) is 30.5. The molecule has 53 heavy (non-hydrogen) atoms. The van der Waals surface area contributed by atoms with E-state index in [4.69, 9.17) is 0 Å². The van der Waals surface area contributed by atoms with Gasteiger partial charge in [-0.2, -0.15) is 0 Å². The Balaban J connectivity index is 0.000000204. The van der Waals surface area contributed by atoms with Crippen LogP contribution in [0.4, 0.5) is 9.59 Å². The third kappa shape index (κ3) is 9.32. The molecule has 0 saturated carbocycles. The van der Waals surface area contributed by atoms with Crippen molar-refractivity contribution in [3.05, 3.63) is 144 Å². The lowest BCUT2D eigenvalue weighted by Gasteiger charge is -2.40. The SMILES string of the molecule is CC1(C)C(=O)N(CCc2ccccc2)C(=O)N(CCc2ccccc2)C1=O.CC1C(=O)N(CCc2ccccc2)C(=O)N(CCc2ccccc2)C1=O. The maximum absolute atomic E-state index is 12.9. The molecule has 4 aromatic carbocycles. The van der Waals surface area contributed by atoms with Crippen LogP contribution in [0.15, 0.2) is 121 Å². The minimum absolute atomic E-state index is 0.264. The number of carbonyl (C=O) groups is 6. The summed E-state index contributed by atoms with van der Waals surface area (Å²) in [5.74, 6) is -2.49. The van der Waals surface area contributed by atoms with Gasteiger partial charge in [-0.15, -0.1) is 0 Å². The number of nitrogens with zero attached hydrogens (tertiary/aromatic N) is 4. The van der Waals surface area contributed by atoms with Crippen molar-refractivity contribution in [2.45, 2.75) is 46.5 Å². The molecule has 0 bridgehead atoms. The van der Waals surface area contributed by atoms with E-state index in [-0.39, 0.29) is 26.2 Å². The lowest BCUT2D eigenvalue weighted by molar-refractivity contribution is -0.156. The van der Waals surface area contributed by atoms with Crippen molar-refractivity contribution in [3.8, 4) is 0 Å². The third-order valence-electron chi connectivity index (χ3n) is 9.62. The van der Waals surface area contributed by atoms with Gasteiger partial charge in [0.15, 0.2) is 0 Å². The molecule has 274 valence electrons. The smallest absolute Gasteiger partial charge is 0.273 e. The molecule has 0 unspecified atom stereocenters. The second-order valence-electron chi connectivity index (χ2n) is 13.7. The summed E-state index contributed by atoms with van der Waals surface area (Å²) in [6, 6.07) is 37.7. The van der Waals surface area contributed by atoms with Gasteiger partial charge in [-0.1, -0.05) is 121 Å². The van der Waals surface area contributed by atoms with E-state index in [1.165, 1.54) is 19.6 Å². The molecule has 0 aliphatic carbocycles. The molecule has 0 aromatic heterocycles. The Labute approximate surface area is 311 Å². The number of hydrogen-bond acceptors (Lipinski definition) is 6. The summed E-state index contributed by atoms with van der Waals surface area (Å²) >= 11 is 0. The first-order chi connectivity index (χ1) is 25.5. The molecular formula is C43H46N4O6. The summed E-state index contributed by atoms with van der Waals surface area (Å²) in [6.07, 6.45) is 2.28. The maximum atomic E-state index is 12.9. The summed E-state index contributed by atoms with van der Waals surface area (Å²) in [6.45, 7) is 5.84. The van der Waals surface area contributed by atoms with Crippen LogP contribution in [0.3, 0.4) is 0 Å². The minimum atomic E-state index is -1.23. The van der Waals surface area contributed by atoms with Crippen LogP contribution in [-0.4, -0.2) is 81.5 Å². The quantitative estimate of drug-likeness (QED) is 0.162. The van der Waals surface area contributed by atoms with Crippen molar-refractivity contribution in [3.63, 3.8) is 0 Å². The van der Waals surface area contributed by atoms with E-state index >= 15 is 0 Å². The minimum Gasteiger partial charge on any atom is -0.273 e. The second kappa shape index (κ2) is 17.5. The average molecular weight is 715 g/mol. The molecule has 2 aliphatic heterocycles. The normalized spacial score (nSPS) is 16.2. The van der Waals surface area contributed by atoms with E-state index in [9.17, 15) is 28.8 Å². The fourth-order valence-corrected chi connectivity index (χ4v) is 6.34. The number of benzene rings is 4. The number of carbonyl (C=O) groups excluding carboxylic acids is 6. The molecule has 2 heterocycles. The molecular weight excluding hydrogens is 668 g/mol. The number of rotatable bonds is 12. The van der Waals surface area contributed by atoms with Crippen LogP contribution in [0.25, 0.3) is 0 Å². The summed E-state index contributed by atoms with van der Waals surface area (Å²) in [7, 11) is 0. The first kappa shape index (κ1) is 38.3. The van der Waals surface area contributed by atoms with Crippen LogP contribution in [0.5, 0.6) is 0 Å². The van der Waals surface area contributed by atoms with E-state index in [1.807, 2.05) is 121 Å². The maximum Gasteiger partial charge on any atom is 0.333 e. The molecule has 6 rings (SSSR count). The predicted octanol–water partition coefficient (Wildman–Crippen LogP) is 6.19. The van der Waals surface area contributed by atoms with Gasteiger partial charge < -0.3 is 0 Å². The lowest BCUT2D eigenvalue weighted by Crippen LogP contribution is -2.63. The number of hydrogen-bond donors (Lipinski definition) is 0. The zero-order valence-electron chi connectivity index (χ0n) is 30.5. The molecule has 0 spiro atoms. The predicted molar refractivity (Wildman–Crippen MR) is 201 cm³/mol. The van der Waals surface area contributed by atoms with Gasteiger partial charge in [0.1, 0.15) is 11.3 Å². The summed E-state index contributed by atoms with van der Waals surface area (Å²) in [5.41, 5.74) is 2.95. The van der Waals surface area contributed by atoms with Gasteiger partial charge in [0.2, 0.25) is 23.6 Å². The highest BCUT2D eigenvalue weighted by Gasteiger charge is 2.51. The number of urea groups is 2. The van der Waals surface area contributed by atoms with Crippen molar-refractivity contribution in [1.82, 2.24) is 19.6 Å². The molecule has 10 heteroatoms. The molecule has 2 saturated heterocycles. The van der Waals surface area contributed by atoms with E-state index in [0.29, 0.717) is 25.7 Å². The lowest BCUT2D eigenvalue weighted by atomic mass is 9.87. The fraction of sp³-hybridized carbons (Fsp3) is 0.302. The van der Waals surface area contributed by atoms with Crippen LogP contribution in [0, 0.1) is 11.3 Å². The summed E-state index contributed by atoms with van der Waals surface area (Å²) < 4.78 is 0. The summed E-state index contributed by atoms with van der Waals surface area (Å²) in [5, 5.41) is 0. The van der Waals surface area contributed by atoms with Gasteiger partial charge in [0, 0.05) is 26.2 Å². The van der Waals surface area contributed by atoms with Gasteiger partial charge in [0.25, 0.3) is 0 Å². The average Bonchev–Trinajstić information content (AvgIpc) is 3.18. The Hall–Kier alpha value is -5.90. The Morgan fingerprint density at radius 2 is 0.660 bits per heavy atom. The van der Waals surface area contributed by atoms with E-state index < -0.39 is 47.0 Å². The van der Waals surface area contributed by atoms with Crippen LogP contribution in [0.1, 0.15) is 43.0 Å². The van der Waals surface area contributed by atoms with Crippen molar-refractivity contribution in [2.75, 3.05) is 26.2 Å². The molecule has 10 nitrogen and oxygen atoms in total. The van der Waals surface area contributed by atoms with Gasteiger partial charge >= 0.3 is 12.1 Å². The van der Waals surface area contributed by atoms with Gasteiger partial charge in [0.05, 0.1) is 0 Å². The second-order valence-corrected chi connectivity index (χ2v) is 13.7. The number of barbiturate groups is 2. The van der Waals surface area contributed by atoms with Gasteiger partial charge in [-0.05, 0) is 68.7 Å². The van der Waals surface area contributed by atoms with E-state index in [2.05, 4.69) is 0 Å². The van der Waals surface area contributed by atoms with Crippen LogP contribution in [0.2, 0.25) is 0 Å². The van der Waals surface area contributed by atoms with Crippen LogP contribution >= 0.6 is 0 Å². The fourth-order valence-electron chi connectivity index (χ4n) is 6.34. The Bertz CT molecular complexity index is 1770. The molecule has 8 amide bonds. The van der Waals surface area contributed by atoms with Gasteiger partial charge in [-0.25, -0.2) is 9.59 Å². The zero-order chi connectivity index (χ0) is 38.0. The molecule has 0 atom stereocenters. The number of amides is 8. The Kier molecular flexibility index (Phi) is 12.7. The van der Waals surface area contributed by atoms with E-state index in [1.54, 1.807) is 20.8 Å². The van der Waals surface area contributed by atoms with Crippen molar-refractivity contribution >= 4 is 35.7 Å². The molecule has 0 N–H and O–H groups in total. The Morgan fingerprint density at radius 1 is 0.415 bits per heavy atom. The van der Waals surface area contributed by atoms with Crippen molar-refractivity contribution in [1.29, 1.82) is 0 Å². The first-order valence-electron chi connectivity index (χ1n) is 18.0. The standard InChI is InChI=1S/C22H24N2O3.C21H22N2O3/c1-22(2)19(25)23(15-13-17-9-5-3-6-10-17)21(27)24(20(22)26)16-14-18-11-7-4-8-12-18;1-16-19(24)22(14-12-17-8-4-2-5-9-17)21(26)23(20(16)25)15-13-18-10-6-3-7-11-18/h3-12H,13-16H2,1-2H3;2-11,16H,12-15H2,1H3. The topological polar surface area (TPSA) is 115 Å². The van der Waals surface area contributed by atoms with E-state index in [0.717, 1.165) is 22.3 Å². The van der Waals surface area contributed by atoms with Crippen molar-refractivity contribution < 1.29 is 28.8 Å². The molecule has 4 aromatic rings. The summed E-state index contributed by atoms with van der Waals surface area (Å²) in [4.78, 5) is 80.9. The van der Waals surface area contributed by atoms with Gasteiger partial charge in [-0.3, -0.25) is 38.8 Å². The van der Waals surface area contributed by atoms with Crippen LogP contribution in [-0.2, 0) is 44.9 Å². The highest BCUT2D eigenvalue weighted by Crippen LogP contribution is 2.29. The third-order valence-corrected chi connectivity index (χ3v) is 9.62. The molecule has 2 aliphatic rings. The largest absolute Gasteiger partial charge is 0.333 e. The molecule has 2 fully saturated rings. The van der Waals surface area contributed by atoms with Crippen LogP contribution < -0.4 is 0 Å². The number of imide groups is 4.